The second-order valence-electron chi connectivity index (χ2n) is 8.55. The molecule has 2 rings (SSSR count). The van der Waals surface area contributed by atoms with Gasteiger partial charge >= 0.3 is 6.09 Å². The van der Waals surface area contributed by atoms with Crippen molar-refractivity contribution in [3.8, 4) is 0 Å². The summed E-state index contributed by atoms with van der Waals surface area (Å²) in [6.45, 7) is 10.0. The summed E-state index contributed by atoms with van der Waals surface area (Å²) in [6.07, 6.45) is 5.57. The van der Waals surface area contributed by atoms with E-state index in [2.05, 4.69) is 22.9 Å². The van der Waals surface area contributed by atoms with Gasteiger partial charge in [-0.25, -0.2) is 4.79 Å². The van der Waals surface area contributed by atoms with Crippen LogP contribution in [0, 0.1) is 5.41 Å². The van der Waals surface area contributed by atoms with Crippen LogP contribution in [0.25, 0.3) is 0 Å². The van der Waals surface area contributed by atoms with Crippen molar-refractivity contribution < 1.29 is 14.6 Å². The van der Waals surface area contributed by atoms with E-state index in [0.29, 0.717) is 0 Å². The molecule has 0 aromatic heterocycles. The van der Waals surface area contributed by atoms with E-state index < -0.39 is 11.5 Å². The Balaban J connectivity index is 2.29. The molecule has 1 aliphatic carbocycles. The van der Waals surface area contributed by atoms with Crippen LogP contribution in [-0.4, -0.2) is 28.2 Å². The fraction of sp³-hybridized carbons (Fsp3) is 0.609. The van der Waals surface area contributed by atoms with Gasteiger partial charge in [-0.2, -0.15) is 0 Å². The summed E-state index contributed by atoms with van der Waals surface area (Å²) in [5.41, 5.74) is 1.45. The Morgan fingerprint density at radius 3 is 2.32 bits per heavy atom. The zero-order valence-electron chi connectivity index (χ0n) is 17.7. The number of nitrogens with zero attached hydrogens (tertiary/aromatic N) is 1. The Kier molecular flexibility index (Phi) is 8.14. The summed E-state index contributed by atoms with van der Waals surface area (Å²) in [6, 6.07) is 7.94. The number of hydrogen-bond acceptors (Lipinski definition) is 3. The predicted octanol–water partition coefficient (Wildman–Crippen LogP) is 6.59. The van der Waals surface area contributed by atoms with Crippen LogP contribution in [0.15, 0.2) is 40.6 Å². The molecule has 0 bridgehead atoms. The minimum atomic E-state index is -0.644. The average molecular weight is 452 g/mol. The quantitative estimate of drug-likeness (QED) is 0.405. The molecule has 1 saturated carbocycles. The maximum Gasteiger partial charge on any atom is 0.415 e. The van der Waals surface area contributed by atoms with Crippen LogP contribution >= 0.6 is 15.9 Å². The third-order valence-corrected chi connectivity index (χ3v) is 6.32. The standard InChI is InChI=1S/C23H34BrNO3/c1-16(2)25(17(3)4)22(27)28-15-19-9-7-6-8-14-23(19,5)21(26)18-10-12-20(24)13-11-18/h10-13,15-17,21,26H,6-9,14H2,1-5H3/b19-15+/t21-,23+/m1/s1. The lowest BCUT2D eigenvalue weighted by Gasteiger charge is -2.36. The zero-order valence-corrected chi connectivity index (χ0v) is 19.3. The lowest BCUT2D eigenvalue weighted by molar-refractivity contribution is 0.0512. The molecule has 0 spiro atoms. The van der Waals surface area contributed by atoms with Crippen molar-refractivity contribution in [1.82, 2.24) is 4.90 Å². The first-order chi connectivity index (χ1) is 13.2. The molecule has 28 heavy (non-hydrogen) atoms. The summed E-state index contributed by atoms with van der Waals surface area (Å²) in [5, 5.41) is 11.2. The molecule has 0 unspecified atom stereocenters. The van der Waals surface area contributed by atoms with Crippen molar-refractivity contribution >= 4 is 22.0 Å². The van der Waals surface area contributed by atoms with Gasteiger partial charge in [0.25, 0.3) is 0 Å². The van der Waals surface area contributed by atoms with Gasteiger partial charge in [-0.05, 0) is 70.2 Å². The number of hydrogen-bond donors (Lipinski definition) is 1. The van der Waals surface area contributed by atoms with Crippen LogP contribution in [0.4, 0.5) is 4.79 Å². The molecule has 0 radical (unpaired) electrons. The van der Waals surface area contributed by atoms with E-state index in [-0.39, 0.29) is 18.2 Å². The topological polar surface area (TPSA) is 49.8 Å². The van der Waals surface area contributed by atoms with Gasteiger partial charge in [0.05, 0.1) is 12.4 Å². The predicted molar refractivity (Wildman–Crippen MR) is 117 cm³/mol. The number of aliphatic hydroxyl groups excluding tert-OH is 1. The van der Waals surface area contributed by atoms with E-state index >= 15 is 0 Å². The van der Waals surface area contributed by atoms with Crippen LogP contribution in [0.3, 0.4) is 0 Å². The van der Waals surface area contributed by atoms with Gasteiger partial charge in [-0.1, -0.05) is 47.8 Å². The lowest BCUT2D eigenvalue weighted by atomic mass is 9.72. The third kappa shape index (κ3) is 5.38. The molecule has 1 N–H and O–H groups in total. The molecule has 0 saturated heterocycles. The van der Waals surface area contributed by atoms with E-state index in [4.69, 9.17) is 4.74 Å². The molecule has 4 nitrogen and oxygen atoms in total. The van der Waals surface area contributed by atoms with Crippen LogP contribution in [0.2, 0.25) is 0 Å². The number of rotatable bonds is 5. The number of carbonyl (C=O) groups excluding carboxylic acids is 1. The van der Waals surface area contributed by atoms with Gasteiger partial charge in [0.1, 0.15) is 0 Å². The molecule has 1 aromatic carbocycles. The first-order valence-corrected chi connectivity index (χ1v) is 11.1. The number of benzene rings is 1. The van der Waals surface area contributed by atoms with E-state index in [9.17, 15) is 9.90 Å². The minimum absolute atomic E-state index is 0.0692. The summed E-state index contributed by atoms with van der Waals surface area (Å²) in [4.78, 5) is 14.4. The molecule has 0 aliphatic heterocycles. The zero-order chi connectivity index (χ0) is 20.9. The highest BCUT2D eigenvalue weighted by Crippen LogP contribution is 2.48. The molecule has 2 atom stereocenters. The van der Waals surface area contributed by atoms with Crippen molar-refractivity contribution in [2.75, 3.05) is 0 Å². The number of amides is 1. The van der Waals surface area contributed by atoms with E-state index in [1.165, 1.54) is 0 Å². The maximum absolute atomic E-state index is 12.6. The highest BCUT2D eigenvalue weighted by molar-refractivity contribution is 9.10. The first-order valence-electron chi connectivity index (χ1n) is 10.3. The van der Waals surface area contributed by atoms with E-state index in [0.717, 1.165) is 47.7 Å². The van der Waals surface area contributed by atoms with Crippen molar-refractivity contribution in [2.24, 2.45) is 5.41 Å². The van der Waals surface area contributed by atoms with Crippen LogP contribution in [0.1, 0.15) is 78.4 Å². The Morgan fingerprint density at radius 2 is 1.75 bits per heavy atom. The molecule has 1 amide bonds. The molecule has 0 heterocycles. The number of carbonyl (C=O) groups is 1. The molecule has 1 fully saturated rings. The molecule has 5 heteroatoms. The SMILES string of the molecule is CC(C)N(C(=O)O/C=C1\CCCCC[C@]1(C)[C@H](O)c1ccc(Br)cc1)C(C)C. The molecule has 1 aliphatic rings. The summed E-state index contributed by atoms with van der Waals surface area (Å²) < 4.78 is 6.62. The summed E-state index contributed by atoms with van der Waals surface area (Å²) >= 11 is 3.45. The third-order valence-electron chi connectivity index (χ3n) is 5.79. The Morgan fingerprint density at radius 1 is 1.14 bits per heavy atom. The van der Waals surface area contributed by atoms with Gasteiger partial charge in [0.2, 0.25) is 0 Å². The molecule has 1 aromatic rings. The number of halogens is 1. The van der Waals surface area contributed by atoms with Crippen LogP contribution < -0.4 is 0 Å². The van der Waals surface area contributed by atoms with Crippen molar-refractivity contribution in [2.45, 2.75) is 84.9 Å². The van der Waals surface area contributed by atoms with Gasteiger partial charge in [-0.15, -0.1) is 0 Å². The van der Waals surface area contributed by atoms with Crippen molar-refractivity contribution in [3.05, 3.63) is 46.1 Å². The lowest BCUT2D eigenvalue weighted by Crippen LogP contribution is -2.42. The fourth-order valence-electron chi connectivity index (χ4n) is 4.15. The van der Waals surface area contributed by atoms with Gasteiger partial charge in [0.15, 0.2) is 0 Å². The van der Waals surface area contributed by atoms with Crippen LogP contribution in [0.5, 0.6) is 0 Å². The fourth-order valence-corrected chi connectivity index (χ4v) is 4.41. The normalized spacial score (nSPS) is 23.0. The maximum atomic E-state index is 12.6. The Bertz CT molecular complexity index is 676. The smallest absolute Gasteiger partial charge is 0.415 e. The first kappa shape index (κ1) is 23.0. The largest absolute Gasteiger partial charge is 0.418 e. The van der Waals surface area contributed by atoms with Crippen molar-refractivity contribution in [3.63, 3.8) is 0 Å². The summed E-state index contributed by atoms with van der Waals surface area (Å²) in [7, 11) is 0. The molecular weight excluding hydrogens is 418 g/mol. The van der Waals surface area contributed by atoms with Crippen molar-refractivity contribution in [1.29, 1.82) is 0 Å². The van der Waals surface area contributed by atoms with Gasteiger partial charge in [-0.3, -0.25) is 0 Å². The molecule has 156 valence electrons. The van der Waals surface area contributed by atoms with Gasteiger partial charge in [0, 0.05) is 22.0 Å². The van der Waals surface area contributed by atoms with E-state index in [1.54, 1.807) is 11.2 Å². The van der Waals surface area contributed by atoms with Gasteiger partial charge < -0.3 is 14.7 Å². The average Bonchev–Trinajstić information content (AvgIpc) is 2.81. The number of aliphatic hydroxyl groups is 1. The van der Waals surface area contributed by atoms with E-state index in [1.807, 2.05) is 52.0 Å². The van der Waals surface area contributed by atoms with Crippen LogP contribution in [-0.2, 0) is 4.74 Å². The minimum Gasteiger partial charge on any atom is -0.418 e. The Labute approximate surface area is 178 Å². The summed E-state index contributed by atoms with van der Waals surface area (Å²) in [5.74, 6) is 0. The second-order valence-corrected chi connectivity index (χ2v) is 9.47. The Hall–Kier alpha value is -1.33. The highest BCUT2D eigenvalue weighted by atomic mass is 79.9. The second kappa shape index (κ2) is 9.93. The number of ether oxygens (including phenoxy) is 1. The molecular formula is C23H34BrNO3. The highest BCUT2D eigenvalue weighted by Gasteiger charge is 2.39. The monoisotopic (exact) mass is 451 g/mol.